The molecular weight excluding hydrogens is 284 g/mol. The van der Waals surface area contributed by atoms with Gasteiger partial charge in [-0.1, -0.05) is 0 Å². The maximum absolute atomic E-state index is 12.2. The minimum absolute atomic E-state index is 0.252. The van der Waals surface area contributed by atoms with Crippen molar-refractivity contribution in [2.75, 3.05) is 6.61 Å². The zero-order valence-electron chi connectivity index (χ0n) is 12.9. The summed E-state index contributed by atoms with van der Waals surface area (Å²) in [4.78, 5) is 16.3. The van der Waals surface area contributed by atoms with Crippen LogP contribution in [0, 0.1) is 0 Å². The first-order valence-electron chi connectivity index (χ1n) is 6.99. The third kappa shape index (κ3) is 4.33. The number of carbonyl (C=O) groups is 1. The summed E-state index contributed by atoms with van der Waals surface area (Å²) in [7, 11) is 0. The summed E-state index contributed by atoms with van der Waals surface area (Å²) < 4.78 is 10.8. The molecule has 2 rings (SSSR count). The molecule has 22 heavy (non-hydrogen) atoms. The smallest absolute Gasteiger partial charge is 0.253 e. The van der Waals surface area contributed by atoms with E-state index in [1.165, 1.54) is 12.5 Å². The first kappa shape index (κ1) is 16.0. The maximum Gasteiger partial charge on any atom is 0.253 e. The molecular formula is C16H20N2O4. The number of amides is 1. The zero-order chi connectivity index (χ0) is 16.2. The van der Waals surface area contributed by atoms with Crippen molar-refractivity contribution in [2.45, 2.75) is 32.4 Å². The molecule has 6 heteroatoms. The van der Waals surface area contributed by atoms with Gasteiger partial charge >= 0.3 is 0 Å². The Bertz CT molecular complexity index is 600. The molecule has 2 aromatic rings. The van der Waals surface area contributed by atoms with Crippen molar-refractivity contribution >= 4 is 5.91 Å². The molecule has 0 saturated heterocycles. The molecule has 1 atom stereocenters. The van der Waals surface area contributed by atoms with Crippen LogP contribution in [0.1, 0.15) is 42.9 Å². The second-order valence-corrected chi connectivity index (χ2v) is 5.82. The van der Waals surface area contributed by atoms with Gasteiger partial charge in [0.25, 0.3) is 5.91 Å². The lowest BCUT2D eigenvalue weighted by Crippen LogP contribution is -2.30. The Morgan fingerprint density at radius 2 is 2.18 bits per heavy atom. The predicted octanol–water partition coefficient (Wildman–Crippen LogP) is 2.32. The summed E-state index contributed by atoms with van der Waals surface area (Å²) in [6, 6.07) is 6.07. The van der Waals surface area contributed by atoms with Gasteiger partial charge in [-0.3, -0.25) is 4.79 Å². The van der Waals surface area contributed by atoms with E-state index < -0.39 is 6.04 Å². The molecule has 0 aliphatic heterocycles. The highest BCUT2D eigenvalue weighted by Crippen LogP contribution is 2.17. The first-order chi connectivity index (χ1) is 10.4. The largest absolute Gasteiger partial charge is 0.472 e. The second kappa shape index (κ2) is 6.62. The summed E-state index contributed by atoms with van der Waals surface area (Å²) >= 11 is 0. The van der Waals surface area contributed by atoms with Gasteiger partial charge in [0.2, 0.25) is 5.88 Å². The van der Waals surface area contributed by atoms with E-state index in [-0.39, 0.29) is 18.1 Å². The van der Waals surface area contributed by atoms with E-state index in [0.717, 1.165) is 0 Å². The number of rotatable bonds is 5. The van der Waals surface area contributed by atoms with Crippen LogP contribution < -0.4 is 10.1 Å². The van der Waals surface area contributed by atoms with Gasteiger partial charge in [0.15, 0.2) is 0 Å². The number of furan rings is 1. The fourth-order valence-corrected chi connectivity index (χ4v) is 1.83. The summed E-state index contributed by atoms with van der Waals surface area (Å²) in [5.41, 5.74) is 0.0316. The predicted molar refractivity (Wildman–Crippen MR) is 80.6 cm³/mol. The van der Waals surface area contributed by atoms with Crippen LogP contribution in [-0.4, -0.2) is 28.2 Å². The molecule has 0 aromatic carbocycles. The van der Waals surface area contributed by atoms with Crippen LogP contribution in [0.25, 0.3) is 0 Å². The van der Waals surface area contributed by atoms with Gasteiger partial charge in [-0.15, -0.1) is 0 Å². The van der Waals surface area contributed by atoms with Gasteiger partial charge in [-0.2, -0.15) is 0 Å². The van der Waals surface area contributed by atoms with E-state index in [9.17, 15) is 9.90 Å². The normalized spacial score (nSPS) is 12.7. The molecule has 1 amide bonds. The topological polar surface area (TPSA) is 84.6 Å². The third-order valence-corrected chi connectivity index (χ3v) is 2.78. The molecule has 6 nitrogen and oxygen atoms in total. The monoisotopic (exact) mass is 304 g/mol. The van der Waals surface area contributed by atoms with Crippen LogP contribution in [-0.2, 0) is 0 Å². The fourth-order valence-electron chi connectivity index (χ4n) is 1.83. The minimum atomic E-state index is -0.590. The Balaban J connectivity index is 2.03. The van der Waals surface area contributed by atoms with Gasteiger partial charge in [0, 0.05) is 12.3 Å². The molecule has 0 spiro atoms. The summed E-state index contributed by atoms with van der Waals surface area (Å²) in [5.74, 6) is 0.607. The van der Waals surface area contributed by atoms with Crippen molar-refractivity contribution < 1.29 is 19.1 Å². The number of nitrogens with one attached hydrogen (secondary N) is 1. The Morgan fingerprint density at radius 1 is 1.41 bits per heavy atom. The zero-order valence-corrected chi connectivity index (χ0v) is 12.9. The van der Waals surface area contributed by atoms with Crippen molar-refractivity contribution in [3.8, 4) is 5.88 Å². The van der Waals surface area contributed by atoms with Crippen LogP contribution in [0.4, 0.5) is 0 Å². The number of aliphatic hydroxyl groups is 1. The lowest BCUT2D eigenvalue weighted by molar-refractivity contribution is 0.0906. The Hall–Kier alpha value is -2.34. The molecule has 0 saturated carbocycles. The van der Waals surface area contributed by atoms with Gasteiger partial charge in [-0.05, 0) is 39.0 Å². The number of aliphatic hydroxyl groups excluding tert-OH is 1. The van der Waals surface area contributed by atoms with Crippen LogP contribution >= 0.6 is 0 Å². The van der Waals surface area contributed by atoms with Crippen LogP contribution in [0.15, 0.2) is 41.1 Å². The molecule has 0 fully saturated rings. The number of carbonyl (C=O) groups excluding carboxylic acids is 1. The first-order valence-corrected chi connectivity index (χ1v) is 6.99. The van der Waals surface area contributed by atoms with Crippen LogP contribution in [0.2, 0.25) is 0 Å². The van der Waals surface area contributed by atoms with E-state index in [2.05, 4.69) is 10.3 Å². The highest BCUT2D eigenvalue weighted by molar-refractivity contribution is 5.94. The number of ether oxygens (including phenoxy) is 1. The quantitative estimate of drug-likeness (QED) is 0.885. The number of aromatic nitrogens is 1. The van der Waals surface area contributed by atoms with Crippen molar-refractivity contribution in [1.82, 2.24) is 10.3 Å². The summed E-state index contributed by atoms with van der Waals surface area (Å²) in [5, 5.41) is 12.0. The standard InChI is InChI=1S/C16H20N2O4/c1-16(2,3)22-14-7-6-11(9-17-14)15(20)18-12(10-19)13-5-4-8-21-13/h4-9,12,19H,10H2,1-3H3,(H,18,20). The maximum atomic E-state index is 12.2. The van der Waals surface area contributed by atoms with E-state index in [0.29, 0.717) is 17.2 Å². The molecule has 0 radical (unpaired) electrons. The number of pyridine rings is 1. The molecule has 0 aliphatic rings. The second-order valence-electron chi connectivity index (χ2n) is 5.82. The number of hydrogen-bond donors (Lipinski definition) is 2. The molecule has 118 valence electrons. The van der Waals surface area contributed by atoms with Crippen LogP contribution in [0.3, 0.4) is 0 Å². The Labute approximate surface area is 129 Å². The fraction of sp³-hybridized carbons (Fsp3) is 0.375. The highest BCUT2D eigenvalue weighted by atomic mass is 16.5. The average molecular weight is 304 g/mol. The Morgan fingerprint density at radius 3 is 2.68 bits per heavy atom. The van der Waals surface area contributed by atoms with Gasteiger partial charge < -0.3 is 19.6 Å². The van der Waals surface area contributed by atoms with E-state index in [1.54, 1.807) is 24.3 Å². The third-order valence-electron chi connectivity index (χ3n) is 2.78. The van der Waals surface area contributed by atoms with E-state index in [4.69, 9.17) is 9.15 Å². The lowest BCUT2D eigenvalue weighted by Gasteiger charge is -2.20. The molecule has 2 N–H and O–H groups in total. The minimum Gasteiger partial charge on any atom is -0.472 e. The highest BCUT2D eigenvalue weighted by Gasteiger charge is 2.18. The van der Waals surface area contributed by atoms with E-state index in [1.807, 2.05) is 20.8 Å². The SMILES string of the molecule is CC(C)(C)Oc1ccc(C(=O)NC(CO)c2ccco2)cn1. The Kier molecular flexibility index (Phi) is 4.82. The van der Waals surface area contributed by atoms with Gasteiger partial charge in [-0.25, -0.2) is 4.98 Å². The van der Waals surface area contributed by atoms with E-state index >= 15 is 0 Å². The molecule has 2 heterocycles. The molecule has 0 bridgehead atoms. The molecule has 0 aliphatic carbocycles. The summed E-state index contributed by atoms with van der Waals surface area (Å²) in [6.07, 6.45) is 2.93. The van der Waals surface area contributed by atoms with Gasteiger partial charge in [0.05, 0.1) is 18.4 Å². The van der Waals surface area contributed by atoms with Gasteiger partial charge in [0.1, 0.15) is 17.4 Å². The molecule has 2 aromatic heterocycles. The lowest BCUT2D eigenvalue weighted by atomic mass is 10.2. The van der Waals surface area contributed by atoms with Crippen molar-refractivity contribution in [3.63, 3.8) is 0 Å². The van der Waals surface area contributed by atoms with Crippen molar-refractivity contribution in [1.29, 1.82) is 0 Å². The van der Waals surface area contributed by atoms with Crippen LogP contribution in [0.5, 0.6) is 5.88 Å². The van der Waals surface area contributed by atoms with Crippen molar-refractivity contribution in [3.05, 3.63) is 48.0 Å². The molecule has 1 unspecified atom stereocenters. The number of nitrogens with zero attached hydrogens (tertiary/aromatic N) is 1. The summed E-state index contributed by atoms with van der Waals surface area (Å²) in [6.45, 7) is 5.51. The van der Waals surface area contributed by atoms with Crippen molar-refractivity contribution in [2.24, 2.45) is 0 Å². The average Bonchev–Trinajstić information content (AvgIpc) is 2.97. The number of hydrogen-bond acceptors (Lipinski definition) is 5.